The van der Waals surface area contributed by atoms with Crippen LogP contribution in [0.4, 0.5) is 17.6 Å². The van der Waals surface area contributed by atoms with Crippen molar-refractivity contribution in [2.45, 2.75) is 19.1 Å². The third-order valence-corrected chi connectivity index (χ3v) is 2.31. The number of hydrogen-bond acceptors (Lipinski definition) is 3. The summed E-state index contributed by atoms with van der Waals surface area (Å²) in [4.78, 5) is 11.2. The standard InChI is InChI=1S/C12H14F4N2O2/c1-7(17)9-3-2-8(13)4-10(9)20-5-11(19)18-6-12(14,15)16/h2-4,7H,5-6,17H2,1H3,(H,18,19)/t7-/m1/s1. The fourth-order valence-corrected chi connectivity index (χ4v) is 1.40. The number of alkyl halides is 3. The second-order valence-corrected chi connectivity index (χ2v) is 4.15. The highest BCUT2D eigenvalue weighted by Gasteiger charge is 2.27. The molecule has 0 heterocycles. The van der Waals surface area contributed by atoms with Crippen LogP contribution in [0.5, 0.6) is 5.75 Å². The number of carbonyl (C=O) groups excluding carboxylic acids is 1. The molecule has 1 aromatic carbocycles. The molecule has 4 nitrogen and oxygen atoms in total. The van der Waals surface area contributed by atoms with Gasteiger partial charge in [0.15, 0.2) is 6.61 Å². The fourth-order valence-electron chi connectivity index (χ4n) is 1.40. The first-order chi connectivity index (χ1) is 9.19. The summed E-state index contributed by atoms with van der Waals surface area (Å²) < 4.78 is 53.7. The first kappa shape index (κ1) is 16.2. The van der Waals surface area contributed by atoms with Crippen molar-refractivity contribution in [1.29, 1.82) is 0 Å². The number of rotatable bonds is 5. The van der Waals surface area contributed by atoms with Crippen LogP contribution in [-0.4, -0.2) is 25.2 Å². The molecule has 0 radical (unpaired) electrons. The van der Waals surface area contributed by atoms with E-state index in [0.29, 0.717) is 5.56 Å². The molecule has 1 atom stereocenters. The normalized spacial score (nSPS) is 12.9. The van der Waals surface area contributed by atoms with E-state index in [1.807, 2.05) is 0 Å². The Labute approximate surface area is 112 Å². The minimum absolute atomic E-state index is 0.0298. The van der Waals surface area contributed by atoms with Crippen molar-refractivity contribution < 1.29 is 27.1 Å². The molecular formula is C12H14F4N2O2. The molecular weight excluding hydrogens is 280 g/mol. The van der Waals surface area contributed by atoms with Gasteiger partial charge in [0.25, 0.3) is 5.91 Å². The molecule has 0 spiro atoms. The van der Waals surface area contributed by atoms with Crippen molar-refractivity contribution in [2.24, 2.45) is 5.73 Å². The van der Waals surface area contributed by atoms with Crippen molar-refractivity contribution in [2.75, 3.05) is 13.2 Å². The number of carbonyl (C=O) groups is 1. The van der Waals surface area contributed by atoms with Gasteiger partial charge in [-0.15, -0.1) is 0 Å². The van der Waals surface area contributed by atoms with Gasteiger partial charge in [-0.05, 0) is 13.0 Å². The zero-order valence-electron chi connectivity index (χ0n) is 10.6. The number of nitrogens with one attached hydrogen (secondary N) is 1. The molecule has 0 aliphatic heterocycles. The molecule has 1 rings (SSSR count). The molecule has 0 bridgehead atoms. The minimum Gasteiger partial charge on any atom is -0.483 e. The average Bonchev–Trinajstić information content (AvgIpc) is 2.32. The van der Waals surface area contributed by atoms with Gasteiger partial charge in [-0.1, -0.05) is 6.07 Å². The molecule has 0 unspecified atom stereocenters. The van der Waals surface area contributed by atoms with Crippen LogP contribution in [-0.2, 0) is 4.79 Å². The number of amides is 1. The van der Waals surface area contributed by atoms with Crippen molar-refractivity contribution in [3.63, 3.8) is 0 Å². The molecule has 20 heavy (non-hydrogen) atoms. The molecule has 0 aromatic heterocycles. The molecule has 0 saturated heterocycles. The summed E-state index contributed by atoms with van der Waals surface area (Å²) >= 11 is 0. The number of benzene rings is 1. The first-order valence-electron chi connectivity index (χ1n) is 5.70. The van der Waals surface area contributed by atoms with Crippen LogP contribution in [0.1, 0.15) is 18.5 Å². The van der Waals surface area contributed by atoms with Gasteiger partial charge in [-0.2, -0.15) is 13.2 Å². The summed E-state index contributed by atoms with van der Waals surface area (Å²) in [6.45, 7) is -0.471. The largest absolute Gasteiger partial charge is 0.483 e. The second kappa shape index (κ2) is 6.56. The quantitative estimate of drug-likeness (QED) is 0.815. The SMILES string of the molecule is C[C@@H](N)c1ccc(F)cc1OCC(=O)NCC(F)(F)F. The Bertz CT molecular complexity index is 475. The lowest BCUT2D eigenvalue weighted by Crippen LogP contribution is -2.36. The predicted octanol–water partition coefficient (Wildman–Crippen LogP) is 1.90. The van der Waals surface area contributed by atoms with E-state index in [2.05, 4.69) is 0 Å². The van der Waals surface area contributed by atoms with Crippen molar-refractivity contribution >= 4 is 5.91 Å². The number of halogens is 4. The molecule has 8 heteroatoms. The summed E-state index contributed by atoms with van der Waals surface area (Å²) in [5.41, 5.74) is 6.09. The highest BCUT2D eigenvalue weighted by molar-refractivity contribution is 5.77. The van der Waals surface area contributed by atoms with Gasteiger partial charge in [0, 0.05) is 17.7 Å². The topological polar surface area (TPSA) is 64.3 Å². The third-order valence-electron chi connectivity index (χ3n) is 2.31. The minimum atomic E-state index is -4.49. The van der Waals surface area contributed by atoms with E-state index in [0.717, 1.165) is 6.07 Å². The Balaban J connectivity index is 2.61. The van der Waals surface area contributed by atoms with Gasteiger partial charge < -0.3 is 15.8 Å². The average molecular weight is 294 g/mol. The number of ether oxygens (including phenoxy) is 1. The zero-order chi connectivity index (χ0) is 15.3. The third kappa shape index (κ3) is 5.43. The molecule has 0 aliphatic carbocycles. The van der Waals surface area contributed by atoms with Gasteiger partial charge in [-0.25, -0.2) is 4.39 Å². The monoisotopic (exact) mass is 294 g/mol. The molecule has 1 amide bonds. The van der Waals surface area contributed by atoms with Crippen molar-refractivity contribution in [3.05, 3.63) is 29.6 Å². The van der Waals surface area contributed by atoms with Gasteiger partial charge in [0.2, 0.25) is 0 Å². The maximum atomic E-state index is 13.1. The Hall–Kier alpha value is -1.83. The van der Waals surface area contributed by atoms with Crippen LogP contribution in [0.25, 0.3) is 0 Å². The summed E-state index contributed by atoms with van der Waals surface area (Å²) in [5, 5.41) is 1.64. The van der Waals surface area contributed by atoms with E-state index in [1.54, 1.807) is 12.2 Å². The molecule has 0 saturated carbocycles. The summed E-state index contributed by atoms with van der Waals surface area (Å²) in [5.74, 6) is -1.52. The van der Waals surface area contributed by atoms with Gasteiger partial charge >= 0.3 is 6.18 Å². The molecule has 112 valence electrons. The lowest BCUT2D eigenvalue weighted by molar-refractivity contribution is -0.139. The summed E-state index contributed by atoms with van der Waals surface area (Å²) in [6.07, 6.45) is -4.49. The lowest BCUT2D eigenvalue weighted by atomic mass is 10.1. The smallest absolute Gasteiger partial charge is 0.405 e. The Morgan fingerprint density at radius 3 is 2.65 bits per heavy atom. The van der Waals surface area contributed by atoms with Crippen LogP contribution in [0.2, 0.25) is 0 Å². The van der Waals surface area contributed by atoms with E-state index in [9.17, 15) is 22.4 Å². The van der Waals surface area contributed by atoms with Crippen LogP contribution in [0.3, 0.4) is 0 Å². The van der Waals surface area contributed by atoms with Crippen LogP contribution >= 0.6 is 0 Å². The van der Waals surface area contributed by atoms with Crippen molar-refractivity contribution in [1.82, 2.24) is 5.32 Å². The van der Waals surface area contributed by atoms with E-state index < -0.39 is 37.1 Å². The number of nitrogens with two attached hydrogens (primary N) is 1. The Morgan fingerprint density at radius 2 is 2.10 bits per heavy atom. The van der Waals surface area contributed by atoms with E-state index in [1.165, 1.54) is 12.1 Å². The van der Waals surface area contributed by atoms with E-state index in [-0.39, 0.29) is 5.75 Å². The van der Waals surface area contributed by atoms with Gasteiger partial charge in [0.1, 0.15) is 18.1 Å². The summed E-state index contributed by atoms with van der Waals surface area (Å²) in [6, 6.07) is 3.12. The lowest BCUT2D eigenvalue weighted by Gasteiger charge is -2.14. The molecule has 3 N–H and O–H groups in total. The summed E-state index contributed by atoms with van der Waals surface area (Å²) in [7, 11) is 0. The van der Waals surface area contributed by atoms with Crippen LogP contribution in [0, 0.1) is 5.82 Å². The van der Waals surface area contributed by atoms with E-state index >= 15 is 0 Å². The fraction of sp³-hybridized carbons (Fsp3) is 0.417. The van der Waals surface area contributed by atoms with Crippen molar-refractivity contribution in [3.8, 4) is 5.75 Å². The van der Waals surface area contributed by atoms with Gasteiger partial charge in [-0.3, -0.25) is 4.79 Å². The maximum absolute atomic E-state index is 13.1. The highest BCUT2D eigenvalue weighted by Crippen LogP contribution is 2.24. The molecule has 0 fully saturated rings. The highest BCUT2D eigenvalue weighted by atomic mass is 19.4. The molecule has 1 aromatic rings. The first-order valence-corrected chi connectivity index (χ1v) is 5.70. The van der Waals surface area contributed by atoms with E-state index in [4.69, 9.17) is 10.5 Å². The maximum Gasteiger partial charge on any atom is 0.405 e. The zero-order valence-corrected chi connectivity index (χ0v) is 10.6. The number of hydrogen-bond donors (Lipinski definition) is 2. The molecule has 0 aliphatic rings. The second-order valence-electron chi connectivity index (χ2n) is 4.15. The van der Waals surface area contributed by atoms with Crippen LogP contribution < -0.4 is 15.8 Å². The Kier molecular flexibility index (Phi) is 5.32. The van der Waals surface area contributed by atoms with Gasteiger partial charge in [0.05, 0.1) is 0 Å². The Morgan fingerprint density at radius 1 is 1.45 bits per heavy atom. The van der Waals surface area contributed by atoms with Crippen LogP contribution in [0.15, 0.2) is 18.2 Å². The predicted molar refractivity (Wildman–Crippen MR) is 63.6 cm³/mol.